The average Bonchev–Trinajstić information content (AvgIpc) is 2.88. The van der Waals surface area contributed by atoms with E-state index in [-0.39, 0.29) is 0 Å². The fourth-order valence-corrected chi connectivity index (χ4v) is 3.84. The van der Waals surface area contributed by atoms with Crippen molar-refractivity contribution in [3.8, 4) is 5.75 Å². The largest absolute Gasteiger partial charge is 0.493 e. The van der Waals surface area contributed by atoms with Gasteiger partial charge in [-0.3, -0.25) is 0 Å². The number of aryl methyl sites for hydroxylation is 1. The van der Waals surface area contributed by atoms with Crippen molar-refractivity contribution in [3.05, 3.63) is 45.4 Å². The first kappa shape index (κ1) is 13.6. The maximum Gasteiger partial charge on any atom is 0.122 e. The Labute approximate surface area is 124 Å². The maximum absolute atomic E-state index is 5.88. The van der Waals surface area contributed by atoms with Gasteiger partial charge in [0.15, 0.2) is 0 Å². The summed E-state index contributed by atoms with van der Waals surface area (Å²) in [5, 5.41) is 4.50. The number of hydrogen-bond acceptors (Lipinski definition) is 4. The summed E-state index contributed by atoms with van der Waals surface area (Å²) in [6.45, 7) is 5.01. The number of thiazole rings is 1. The molecule has 0 radical (unpaired) electrons. The average molecular weight is 288 g/mol. The number of rotatable bonds is 3. The van der Waals surface area contributed by atoms with Crippen molar-refractivity contribution in [3.63, 3.8) is 0 Å². The lowest BCUT2D eigenvalue weighted by Gasteiger charge is -2.23. The fraction of sp³-hybridized carbons (Fsp3) is 0.438. The lowest BCUT2D eigenvalue weighted by molar-refractivity contribution is 0.262. The molecule has 0 bridgehead atoms. The van der Waals surface area contributed by atoms with Crippen LogP contribution >= 0.6 is 11.3 Å². The van der Waals surface area contributed by atoms with Crippen molar-refractivity contribution in [1.29, 1.82) is 0 Å². The molecule has 1 aromatic heterocycles. The highest BCUT2D eigenvalue weighted by Gasteiger charge is 2.25. The van der Waals surface area contributed by atoms with Crippen LogP contribution in [0.1, 0.15) is 40.0 Å². The first-order valence-electron chi connectivity index (χ1n) is 7.04. The first-order valence-corrected chi connectivity index (χ1v) is 7.86. The van der Waals surface area contributed by atoms with Gasteiger partial charge >= 0.3 is 0 Å². The van der Waals surface area contributed by atoms with E-state index in [9.17, 15) is 0 Å². The van der Waals surface area contributed by atoms with Crippen LogP contribution in [0.5, 0.6) is 5.75 Å². The minimum atomic E-state index is 0.359. The summed E-state index contributed by atoms with van der Waals surface area (Å²) < 4.78 is 5.88. The van der Waals surface area contributed by atoms with E-state index < -0.39 is 0 Å². The highest BCUT2D eigenvalue weighted by atomic mass is 32.1. The monoisotopic (exact) mass is 288 g/mol. The predicted octanol–water partition coefficient (Wildman–Crippen LogP) is 3.45. The maximum atomic E-state index is 5.88. The number of aromatic nitrogens is 1. The SMILES string of the molecule is CNC(C)c1sc(C2COc3ccccc3C2)nc1C. The van der Waals surface area contributed by atoms with Crippen molar-refractivity contribution in [2.24, 2.45) is 0 Å². The molecule has 20 heavy (non-hydrogen) atoms. The van der Waals surface area contributed by atoms with Gasteiger partial charge in [-0.05, 0) is 38.9 Å². The topological polar surface area (TPSA) is 34.1 Å². The van der Waals surface area contributed by atoms with Crippen LogP contribution in [0, 0.1) is 6.92 Å². The van der Waals surface area contributed by atoms with E-state index in [2.05, 4.69) is 31.3 Å². The van der Waals surface area contributed by atoms with Gasteiger partial charge < -0.3 is 10.1 Å². The number of ether oxygens (including phenoxy) is 1. The Balaban J connectivity index is 1.85. The molecule has 1 aromatic carbocycles. The van der Waals surface area contributed by atoms with Crippen LogP contribution in [0.3, 0.4) is 0 Å². The standard InChI is InChI=1S/C16H20N2OS/c1-10(17-3)15-11(2)18-16(20-15)13-8-12-6-4-5-7-14(12)19-9-13/h4-7,10,13,17H,8-9H2,1-3H3. The molecule has 2 heterocycles. The number of hydrogen-bond donors (Lipinski definition) is 1. The summed E-state index contributed by atoms with van der Waals surface area (Å²) in [5.74, 6) is 1.41. The Morgan fingerprint density at radius 1 is 1.40 bits per heavy atom. The van der Waals surface area contributed by atoms with Gasteiger partial charge in [0, 0.05) is 16.8 Å². The van der Waals surface area contributed by atoms with E-state index in [4.69, 9.17) is 9.72 Å². The summed E-state index contributed by atoms with van der Waals surface area (Å²) in [7, 11) is 1.99. The predicted molar refractivity (Wildman–Crippen MR) is 82.7 cm³/mol. The van der Waals surface area contributed by atoms with Crippen molar-refractivity contribution >= 4 is 11.3 Å². The Kier molecular flexibility index (Phi) is 3.76. The van der Waals surface area contributed by atoms with Gasteiger partial charge in [-0.25, -0.2) is 4.98 Å². The van der Waals surface area contributed by atoms with Gasteiger partial charge in [-0.2, -0.15) is 0 Å². The molecule has 4 heteroatoms. The molecule has 0 amide bonds. The van der Waals surface area contributed by atoms with Crippen molar-refractivity contribution in [1.82, 2.24) is 10.3 Å². The van der Waals surface area contributed by atoms with Gasteiger partial charge in [0.2, 0.25) is 0 Å². The van der Waals surface area contributed by atoms with E-state index in [0.717, 1.165) is 24.5 Å². The molecule has 2 atom stereocenters. The molecule has 1 aliphatic rings. The minimum Gasteiger partial charge on any atom is -0.493 e. The zero-order chi connectivity index (χ0) is 14.1. The Bertz CT molecular complexity index is 608. The smallest absolute Gasteiger partial charge is 0.122 e. The molecule has 0 aliphatic carbocycles. The molecular formula is C16H20N2OS. The van der Waals surface area contributed by atoms with Gasteiger partial charge in [0.1, 0.15) is 5.75 Å². The summed E-state index contributed by atoms with van der Waals surface area (Å²) >= 11 is 1.82. The van der Waals surface area contributed by atoms with Crippen LogP contribution in [-0.4, -0.2) is 18.6 Å². The van der Waals surface area contributed by atoms with Crippen LogP contribution in [0.25, 0.3) is 0 Å². The Morgan fingerprint density at radius 2 is 2.20 bits per heavy atom. The summed E-state index contributed by atoms with van der Waals surface area (Å²) in [4.78, 5) is 6.11. The molecule has 1 N–H and O–H groups in total. The van der Waals surface area contributed by atoms with Crippen molar-refractivity contribution in [2.45, 2.75) is 32.2 Å². The fourth-order valence-electron chi connectivity index (χ4n) is 2.62. The third kappa shape index (κ3) is 2.45. The van der Waals surface area contributed by atoms with Gasteiger partial charge in [0.05, 0.1) is 17.3 Å². The number of fused-ring (bicyclic) bond motifs is 1. The molecule has 2 aromatic rings. The van der Waals surface area contributed by atoms with Crippen LogP contribution in [0.2, 0.25) is 0 Å². The Hall–Kier alpha value is -1.39. The van der Waals surface area contributed by atoms with Crippen LogP contribution in [0.15, 0.2) is 24.3 Å². The van der Waals surface area contributed by atoms with Gasteiger partial charge in [0.25, 0.3) is 0 Å². The Morgan fingerprint density at radius 3 is 3.00 bits per heavy atom. The third-order valence-corrected chi connectivity index (χ3v) is 5.41. The molecule has 3 nitrogen and oxygen atoms in total. The van der Waals surface area contributed by atoms with E-state index in [0.29, 0.717) is 12.0 Å². The molecule has 1 aliphatic heterocycles. The van der Waals surface area contributed by atoms with Crippen LogP contribution in [-0.2, 0) is 6.42 Å². The molecule has 0 spiro atoms. The zero-order valence-corrected chi connectivity index (χ0v) is 13.0. The molecule has 2 unspecified atom stereocenters. The van der Waals surface area contributed by atoms with E-state index >= 15 is 0 Å². The summed E-state index contributed by atoms with van der Waals surface area (Å²) in [6.07, 6.45) is 1.02. The quantitative estimate of drug-likeness (QED) is 0.939. The lowest BCUT2D eigenvalue weighted by atomic mass is 9.97. The summed E-state index contributed by atoms with van der Waals surface area (Å²) in [5.41, 5.74) is 2.44. The van der Waals surface area contributed by atoms with Crippen molar-refractivity contribution < 1.29 is 4.74 Å². The third-order valence-electron chi connectivity index (χ3n) is 3.90. The second-order valence-electron chi connectivity index (χ2n) is 5.33. The summed E-state index contributed by atoms with van der Waals surface area (Å²) in [6, 6.07) is 8.66. The number of nitrogens with zero attached hydrogens (tertiary/aromatic N) is 1. The molecule has 3 rings (SSSR count). The normalized spacial score (nSPS) is 19.2. The van der Waals surface area contributed by atoms with Gasteiger partial charge in [-0.15, -0.1) is 11.3 Å². The lowest BCUT2D eigenvalue weighted by Crippen LogP contribution is -2.18. The van der Waals surface area contributed by atoms with Crippen molar-refractivity contribution in [2.75, 3.05) is 13.7 Å². The van der Waals surface area contributed by atoms with E-state index in [1.165, 1.54) is 15.4 Å². The van der Waals surface area contributed by atoms with E-state index in [1.54, 1.807) is 0 Å². The van der Waals surface area contributed by atoms with Crippen LogP contribution < -0.4 is 10.1 Å². The van der Waals surface area contributed by atoms with Crippen LogP contribution in [0.4, 0.5) is 0 Å². The molecule has 0 fully saturated rings. The minimum absolute atomic E-state index is 0.359. The highest BCUT2D eigenvalue weighted by Crippen LogP contribution is 2.36. The number of benzene rings is 1. The first-order chi connectivity index (χ1) is 9.69. The second-order valence-corrected chi connectivity index (χ2v) is 6.39. The zero-order valence-electron chi connectivity index (χ0n) is 12.1. The molecule has 0 saturated carbocycles. The molecule has 0 saturated heterocycles. The number of nitrogens with one attached hydrogen (secondary N) is 1. The molecular weight excluding hydrogens is 268 g/mol. The number of para-hydroxylation sites is 1. The molecule has 106 valence electrons. The van der Waals surface area contributed by atoms with Gasteiger partial charge in [-0.1, -0.05) is 18.2 Å². The highest BCUT2D eigenvalue weighted by molar-refractivity contribution is 7.11. The van der Waals surface area contributed by atoms with E-state index in [1.807, 2.05) is 30.5 Å². The second kappa shape index (κ2) is 5.54.